The van der Waals surface area contributed by atoms with Crippen molar-refractivity contribution in [1.82, 2.24) is 4.57 Å². The van der Waals surface area contributed by atoms with Crippen molar-refractivity contribution in [2.75, 3.05) is 13.7 Å². The molecule has 5 heteroatoms. The van der Waals surface area contributed by atoms with E-state index in [1.807, 2.05) is 55.5 Å². The lowest BCUT2D eigenvalue weighted by molar-refractivity contribution is -0.141. The Morgan fingerprint density at radius 2 is 1.82 bits per heavy atom. The highest BCUT2D eigenvalue weighted by Crippen LogP contribution is 2.34. The Balaban J connectivity index is 2.11. The first-order valence-corrected chi connectivity index (χ1v) is 9.35. The molecule has 0 fully saturated rings. The number of fused-ring (bicyclic) bond motifs is 1. The third-order valence-corrected chi connectivity index (χ3v) is 5.00. The van der Waals surface area contributed by atoms with Crippen LogP contribution in [0, 0.1) is 6.92 Å². The predicted octanol–water partition coefficient (Wildman–Crippen LogP) is 4.70. The molecule has 28 heavy (non-hydrogen) atoms. The van der Waals surface area contributed by atoms with Crippen molar-refractivity contribution in [3.8, 4) is 5.75 Å². The van der Waals surface area contributed by atoms with Crippen LogP contribution in [0.5, 0.6) is 5.75 Å². The topological polar surface area (TPSA) is 57.5 Å². The highest BCUT2D eigenvalue weighted by molar-refractivity contribution is 6.17. The summed E-state index contributed by atoms with van der Waals surface area (Å²) in [5.41, 5.74) is 3.19. The largest absolute Gasteiger partial charge is 0.497 e. The van der Waals surface area contributed by atoms with Crippen molar-refractivity contribution in [2.45, 2.75) is 33.2 Å². The minimum Gasteiger partial charge on any atom is -0.497 e. The SMILES string of the molecule is COc1ccc2c(c1)c(C(=O)c1ccccc1)c(C)n2C(C)CCOC(C)=O. The predicted molar refractivity (Wildman–Crippen MR) is 109 cm³/mol. The normalized spacial score (nSPS) is 12.0. The van der Waals surface area contributed by atoms with Crippen molar-refractivity contribution in [2.24, 2.45) is 0 Å². The number of rotatable bonds is 7. The molecule has 3 aromatic rings. The molecule has 0 saturated carbocycles. The number of methoxy groups -OCH3 is 1. The van der Waals surface area contributed by atoms with Gasteiger partial charge in [0.05, 0.1) is 19.3 Å². The molecular weight excluding hydrogens is 354 g/mol. The molecule has 0 N–H and O–H groups in total. The van der Waals surface area contributed by atoms with Crippen molar-refractivity contribution in [1.29, 1.82) is 0 Å². The highest BCUT2D eigenvalue weighted by Gasteiger charge is 2.23. The van der Waals surface area contributed by atoms with Crippen molar-refractivity contribution in [3.05, 3.63) is 65.4 Å². The van der Waals surface area contributed by atoms with Crippen molar-refractivity contribution in [3.63, 3.8) is 0 Å². The van der Waals surface area contributed by atoms with Crippen LogP contribution in [0.3, 0.4) is 0 Å². The summed E-state index contributed by atoms with van der Waals surface area (Å²) in [5.74, 6) is 0.410. The lowest BCUT2D eigenvalue weighted by Crippen LogP contribution is -2.12. The van der Waals surface area contributed by atoms with Gasteiger partial charge in [0.15, 0.2) is 5.78 Å². The summed E-state index contributed by atoms with van der Waals surface area (Å²) in [6.45, 7) is 5.78. The molecule has 3 rings (SSSR count). The molecule has 0 spiro atoms. The Kier molecular flexibility index (Phi) is 5.83. The number of carbonyl (C=O) groups is 2. The molecule has 2 aromatic carbocycles. The molecule has 1 unspecified atom stereocenters. The maximum absolute atomic E-state index is 13.3. The first-order valence-electron chi connectivity index (χ1n) is 9.35. The van der Waals surface area contributed by atoms with Crippen LogP contribution >= 0.6 is 0 Å². The molecule has 1 heterocycles. The zero-order valence-electron chi connectivity index (χ0n) is 16.7. The summed E-state index contributed by atoms with van der Waals surface area (Å²) < 4.78 is 12.6. The average molecular weight is 379 g/mol. The van der Waals surface area contributed by atoms with Crippen LogP contribution in [-0.2, 0) is 9.53 Å². The fourth-order valence-electron chi connectivity index (χ4n) is 3.64. The standard InChI is InChI=1S/C23H25NO4/c1-15(12-13-28-17(3)25)24-16(2)22(23(26)18-8-6-5-7-9-18)20-14-19(27-4)10-11-21(20)24/h5-11,14-15H,12-13H2,1-4H3. The van der Waals surface area contributed by atoms with Gasteiger partial charge in [-0.1, -0.05) is 30.3 Å². The number of ether oxygens (including phenoxy) is 2. The number of nitrogens with zero attached hydrogens (tertiary/aromatic N) is 1. The Morgan fingerprint density at radius 1 is 1.11 bits per heavy atom. The van der Waals surface area contributed by atoms with Crippen molar-refractivity contribution >= 4 is 22.7 Å². The van der Waals surface area contributed by atoms with Gasteiger partial charge in [0, 0.05) is 41.5 Å². The molecule has 0 aliphatic carbocycles. The number of esters is 1. The summed E-state index contributed by atoms with van der Waals surface area (Å²) in [4.78, 5) is 24.4. The third-order valence-electron chi connectivity index (χ3n) is 5.00. The number of aromatic nitrogens is 1. The first kappa shape index (κ1) is 19.7. The Bertz CT molecular complexity index is 1000. The minimum atomic E-state index is -0.286. The summed E-state index contributed by atoms with van der Waals surface area (Å²) in [7, 11) is 1.62. The van der Waals surface area contributed by atoms with Gasteiger partial charge in [-0.2, -0.15) is 0 Å². The molecule has 0 amide bonds. The molecule has 0 aliphatic heterocycles. The van der Waals surface area contributed by atoms with Gasteiger partial charge in [-0.25, -0.2) is 0 Å². The fourth-order valence-corrected chi connectivity index (χ4v) is 3.64. The Morgan fingerprint density at radius 3 is 2.46 bits per heavy atom. The van der Waals surface area contributed by atoms with E-state index in [-0.39, 0.29) is 17.8 Å². The first-order chi connectivity index (χ1) is 13.4. The van der Waals surface area contributed by atoms with Crippen LogP contribution in [0.15, 0.2) is 48.5 Å². The van der Waals surface area contributed by atoms with Crippen LogP contribution < -0.4 is 4.74 Å². The van der Waals surface area contributed by atoms with E-state index in [0.717, 1.165) is 16.6 Å². The smallest absolute Gasteiger partial charge is 0.302 e. The Hall–Kier alpha value is -3.08. The molecular formula is C23H25NO4. The van der Waals surface area contributed by atoms with Crippen LogP contribution in [-0.4, -0.2) is 30.0 Å². The van der Waals surface area contributed by atoms with Gasteiger partial charge in [0.25, 0.3) is 0 Å². The van der Waals surface area contributed by atoms with Crippen molar-refractivity contribution < 1.29 is 19.1 Å². The summed E-state index contributed by atoms with van der Waals surface area (Å²) >= 11 is 0. The maximum atomic E-state index is 13.3. The van der Waals surface area contributed by atoms with Gasteiger partial charge >= 0.3 is 5.97 Å². The molecule has 146 valence electrons. The maximum Gasteiger partial charge on any atom is 0.302 e. The van der Waals surface area contributed by atoms with E-state index in [0.29, 0.717) is 29.9 Å². The van der Waals surface area contributed by atoms with Gasteiger partial charge in [0.2, 0.25) is 0 Å². The van der Waals surface area contributed by atoms with E-state index < -0.39 is 0 Å². The molecule has 0 radical (unpaired) electrons. The van der Waals surface area contributed by atoms with E-state index in [2.05, 4.69) is 11.5 Å². The minimum absolute atomic E-state index is 0.0118. The van der Waals surface area contributed by atoms with E-state index >= 15 is 0 Å². The summed E-state index contributed by atoms with van der Waals surface area (Å²) in [6.07, 6.45) is 0.662. The number of carbonyl (C=O) groups excluding carboxylic acids is 2. The zero-order chi connectivity index (χ0) is 20.3. The van der Waals surface area contributed by atoms with Gasteiger partial charge in [-0.15, -0.1) is 0 Å². The Labute approximate surface area is 164 Å². The molecule has 0 aliphatic rings. The number of ketones is 1. The lowest BCUT2D eigenvalue weighted by Gasteiger charge is -2.18. The zero-order valence-corrected chi connectivity index (χ0v) is 16.7. The van der Waals surface area contributed by atoms with Gasteiger partial charge < -0.3 is 14.0 Å². The number of hydrogen-bond acceptors (Lipinski definition) is 4. The number of hydrogen-bond donors (Lipinski definition) is 0. The van der Waals surface area contributed by atoms with Gasteiger partial charge in [0.1, 0.15) is 5.75 Å². The van der Waals surface area contributed by atoms with Gasteiger partial charge in [-0.3, -0.25) is 9.59 Å². The number of benzene rings is 2. The molecule has 0 bridgehead atoms. The summed E-state index contributed by atoms with van der Waals surface area (Å²) in [6, 6.07) is 15.1. The summed E-state index contributed by atoms with van der Waals surface area (Å²) in [5, 5.41) is 0.866. The molecule has 0 saturated heterocycles. The van der Waals surface area contributed by atoms with E-state index in [4.69, 9.17) is 9.47 Å². The fraction of sp³-hybridized carbons (Fsp3) is 0.304. The van der Waals surface area contributed by atoms with E-state index in [1.54, 1.807) is 7.11 Å². The van der Waals surface area contributed by atoms with E-state index in [9.17, 15) is 9.59 Å². The lowest BCUT2D eigenvalue weighted by atomic mass is 10.0. The van der Waals surface area contributed by atoms with Crippen LogP contribution in [0.1, 0.15) is 47.9 Å². The van der Waals surface area contributed by atoms with Gasteiger partial charge in [-0.05, 0) is 32.0 Å². The van der Waals surface area contributed by atoms with E-state index in [1.165, 1.54) is 6.92 Å². The highest BCUT2D eigenvalue weighted by atomic mass is 16.5. The second kappa shape index (κ2) is 8.30. The quantitative estimate of drug-likeness (QED) is 0.441. The second-order valence-electron chi connectivity index (χ2n) is 6.89. The van der Waals surface area contributed by atoms with Crippen LogP contribution in [0.2, 0.25) is 0 Å². The molecule has 1 aromatic heterocycles. The van der Waals surface area contributed by atoms with Crippen LogP contribution in [0.4, 0.5) is 0 Å². The monoisotopic (exact) mass is 379 g/mol. The molecule has 1 atom stereocenters. The average Bonchev–Trinajstić information content (AvgIpc) is 2.98. The third kappa shape index (κ3) is 3.79. The second-order valence-corrected chi connectivity index (χ2v) is 6.89. The van der Waals surface area contributed by atoms with Crippen LogP contribution in [0.25, 0.3) is 10.9 Å². The molecule has 5 nitrogen and oxygen atoms in total.